The van der Waals surface area contributed by atoms with Crippen LogP contribution < -0.4 is 0 Å². The molecule has 0 spiro atoms. The number of aliphatic hydroxyl groups is 1. The first-order chi connectivity index (χ1) is 7.47. The molecule has 4 nitrogen and oxygen atoms in total. The lowest BCUT2D eigenvalue weighted by atomic mass is 10.2. The van der Waals surface area contributed by atoms with Crippen LogP contribution in [0.5, 0.6) is 0 Å². The molecule has 0 atom stereocenters. The van der Waals surface area contributed by atoms with Crippen molar-refractivity contribution in [3.8, 4) is 0 Å². The van der Waals surface area contributed by atoms with E-state index >= 15 is 0 Å². The molecule has 16 heavy (non-hydrogen) atoms. The molecule has 0 aromatic rings. The highest BCUT2D eigenvalue weighted by molar-refractivity contribution is 7.89. The zero-order chi connectivity index (χ0) is 12.2. The van der Waals surface area contributed by atoms with Crippen molar-refractivity contribution in [2.24, 2.45) is 5.92 Å². The molecule has 0 unspecified atom stereocenters. The molecule has 0 aromatic heterocycles. The highest BCUT2D eigenvalue weighted by Crippen LogP contribution is 2.30. The van der Waals surface area contributed by atoms with Gasteiger partial charge in [-0.2, -0.15) is 4.31 Å². The molecule has 1 aliphatic rings. The summed E-state index contributed by atoms with van der Waals surface area (Å²) in [7, 11) is -3.10. The van der Waals surface area contributed by atoms with E-state index in [1.165, 1.54) is 0 Å². The molecule has 1 fully saturated rings. The van der Waals surface area contributed by atoms with Gasteiger partial charge < -0.3 is 5.11 Å². The van der Waals surface area contributed by atoms with Crippen LogP contribution in [0.4, 0.5) is 0 Å². The summed E-state index contributed by atoms with van der Waals surface area (Å²) in [6.45, 7) is 4.78. The van der Waals surface area contributed by atoms with Gasteiger partial charge in [0.25, 0.3) is 0 Å². The van der Waals surface area contributed by atoms with Gasteiger partial charge in [-0.15, -0.1) is 0 Å². The third-order valence-corrected chi connectivity index (χ3v) is 4.63. The summed E-state index contributed by atoms with van der Waals surface area (Å²) in [4.78, 5) is 0. The number of aliphatic hydroxyl groups excluding tert-OH is 1. The summed E-state index contributed by atoms with van der Waals surface area (Å²) in [5.74, 6) is 0.546. The van der Waals surface area contributed by atoms with Gasteiger partial charge in [-0.25, -0.2) is 8.42 Å². The minimum Gasteiger partial charge on any atom is -0.396 e. The van der Waals surface area contributed by atoms with Gasteiger partial charge in [-0.1, -0.05) is 13.8 Å². The summed E-state index contributed by atoms with van der Waals surface area (Å²) >= 11 is 0. The molecule has 0 amide bonds. The standard InChI is InChI=1S/C11H23NO3S/c1-10(2)9-12(11-5-6-11)16(14,15)8-4-3-7-13/h10-11,13H,3-9H2,1-2H3. The first-order valence-electron chi connectivity index (χ1n) is 6.07. The van der Waals surface area contributed by atoms with Crippen molar-refractivity contribution in [2.45, 2.75) is 45.6 Å². The molecule has 5 heteroatoms. The van der Waals surface area contributed by atoms with Crippen molar-refractivity contribution in [1.82, 2.24) is 4.31 Å². The Morgan fingerprint density at radius 1 is 1.31 bits per heavy atom. The Kier molecular flexibility index (Phi) is 5.21. The fourth-order valence-electron chi connectivity index (χ4n) is 1.73. The van der Waals surface area contributed by atoms with Crippen LogP contribution in [0.15, 0.2) is 0 Å². The van der Waals surface area contributed by atoms with Crippen LogP contribution in [0.2, 0.25) is 0 Å². The fourth-order valence-corrected chi connectivity index (χ4v) is 3.72. The monoisotopic (exact) mass is 249 g/mol. The molecule has 1 N–H and O–H groups in total. The number of unbranched alkanes of at least 4 members (excludes halogenated alkanes) is 1. The van der Waals surface area contributed by atoms with Gasteiger partial charge in [-0.05, 0) is 31.6 Å². The zero-order valence-electron chi connectivity index (χ0n) is 10.2. The number of nitrogens with zero attached hydrogens (tertiary/aromatic N) is 1. The Labute approximate surface area is 98.7 Å². The van der Waals surface area contributed by atoms with Gasteiger partial charge in [0.15, 0.2) is 0 Å². The van der Waals surface area contributed by atoms with Gasteiger partial charge in [0.1, 0.15) is 0 Å². The van der Waals surface area contributed by atoms with Crippen molar-refractivity contribution < 1.29 is 13.5 Å². The summed E-state index contributed by atoms with van der Waals surface area (Å²) in [6.07, 6.45) is 3.14. The molecule has 0 aromatic carbocycles. The van der Waals surface area contributed by atoms with Gasteiger partial charge in [0, 0.05) is 19.2 Å². The van der Waals surface area contributed by atoms with Gasteiger partial charge in [0.05, 0.1) is 5.75 Å². The molecule has 0 saturated heterocycles. The van der Waals surface area contributed by atoms with E-state index in [1.807, 2.05) is 13.8 Å². The van der Waals surface area contributed by atoms with Crippen LogP contribution in [0, 0.1) is 5.92 Å². The van der Waals surface area contributed by atoms with Gasteiger partial charge in [-0.3, -0.25) is 0 Å². The first-order valence-corrected chi connectivity index (χ1v) is 7.68. The Morgan fingerprint density at radius 2 is 1.94 bits per heavy atom. The second-order valence-electron chi connectivity index (χ2n) is 4.94. The van der Waals surface area contributed by atoms with Crippen molar-refractivity contribution in [1.29, 1.82) is 0 Å². The zero-order valence-corrected chi connectivity index (χ0v) is 11.0. The van der Waals surface area contributed by atoms with Crippen LogP contribution in [0.3, 0.4) is 0 Å². The van der Waals surface area contributed by atoms with E-state index in [9.17, 15) is 8.42 Å². The number of rotatable bonds is 8. The van der Waals surface area contributed by atoms with Crippen molar-refractivity contribution in [3.63, 3.8) is 0 Å². The van der Waals surface area contributed by atoms with Gasteiger partial charge in [0.2, 0.25) is 10.0 Å². The topological polar surface area (TPSA) is 57.6 Å². The average Bonchev–Trinajstić information content (AvgIpc) is 2.97. The third-order valence-electron chi connectivity index (χ3n) is 2.67. The number of hydrogen-bond donors (Lipinski definition) is 1. The predicted molar refractivity (Wildman–Crippen MR) is 64.7 cm³/mol. The summed E-state index contributed by atoms with van der Waals surface area (Å²) in [5.41, 5.74) is 0. The lowest BCUT2D eigenvalue weighted by Crippen LogP contribution is -2.37. The molecular formula is C11H23NO3S. The summed E-state index contributed by atoms with van der Waals surface area (Å²) in [5, 5.41) is 8.66. The largest absolute Gasteiger partial charge is 0.396 e. The summed E-state index contributed by atoms with van der Waals surface area (Å²) in [6, 6.07) is 0.251. The number of sulfonamides is 1. The summed E-state index contributed by atoms with van der Waals surface area (Å²) < 4.78 is 25.8. The molecule has 96 valence electrons. The molecule has 0 heterocycles. The molecule has 0 aliphatic heterocycles. The quantitative estimate of drug-likeness (QED) is 0.658. The smallest absolute Gasteiger partial charge is 0.214 e. The molecule has 1 saturated carbocycles. The number of hydrogen-bond acceptors (Lipinski definition) is 3. The van der Waals surface area contributed by atoms with E-state index in [1.54, 1.807) is 4.31 Å². The minimum absolute atomic E-state index is 0.0725. The van der Waals surface area contributed by atoms with Crippen LogP contribution >= 0.6 is 0 Å². The Hall–Kier alpha value is -0.130. The van der Waals surface area contributed by atoms with Gasteiger partial charge >= 0.3 is 0 Å². The van der Waals surface area contributed by atoms with Crippen LogP contribution in [0.1, 0.15) is 39.5 Å². The molecule has 0 radical (unpaired) electrons. The lowest BCUT2D eigenvalue weighted by molar-refractivity contribution is 0.286. The average molecular weight is 249 g/mol. The first kappa shape index (κ1) is 13.9. The molecule has 0 bridgehead atoms. The maximum absolute atomic E-state index is 12.1. The second-order valence-corrected chi connectivity index (χ2v) is 6.98. The van der Waals surface area contributed by atoms with E-state index in [2.05, 4.69) is 0 Å². The van der Waals surface area contributed by atoms with E-state index in [0.717, 1.165) is 12.8 Å². The molecule has 1 rings (SSSR count). The normalized spacial score (nSPS) is 17.3. The third kappa shape index (κ3) is 4.39. The van der Waals surface area contributed by atoms with Crippen LogP contribution in [-0.4, -0.2) is 42.8 Å². The molecule has 1 aliphatic carbocycles. The maximum Gasteiger partial charge on any atom is 0.214 e. The highest BCUT2D eigenvalue weighted by atomic mass is 32.2. The van der Waals surface area contributed by atoms with E-state index in [0.29, 0.717) is 25.3 Å². The maximum atomic E-state index is 12.1. The van der Waals surface area contributed by atoms with E-state index in [-0.39, 0.29) is 18.4 Å². The minimum atomic E-state index is -3.10. The van der Waals surface area contributed by atoms with Crippen molar-refractivity contribution in [2.75, 3.05) is 18.9 Å². The van der Waals surface area contributed by atoms with Crippen LogP contribution in [0.25, 0.3) is 0 Å². The lowest BCUT2D eigenvalue weighted by Gasteiger charge is -2.23. The fraction of sp³-hybridized carbons (Fsp3) is 1.00. The van der Waals surface area contributed by atoms with E-state index < -0.39 is 10.0 Å². The van der Waals surface area contributed by atoms with Crippen LogP contribution in [-0.2, 0) is 10.0 Å². The second kappa shape index (κ2) is 5.98. The molecular weight excluding hydrogens is 226 g/mol. The Bertz CT molecular complexity index is 296. The Balaban J connectivity index is 2.54. The van der Waals surface area contributed by atoms with E-state index in [4.69, 9.17) is 5.11 Å². The van der Waals surface area contributed by atoms with Crippen molar-refractivity contribution in [3.05, 3.63) is 0 Å². The SMILES string of the molecule is CC(C)CN(C1CC1)S(=O)(=O)CCCCO. The highest BCUT2D eigenvalue weighted by Gasteiger charge is 2.36. The van der Waals surface area contributed by atoms with Crippen molar-refractivity contribution >= 4 is 10.0 Å². The predicted octanol–water partition coefficient (Wildman–Crippen LogP) is 1.21. The Morgan fingerprint density at radius 3 is 2.38 bits per heavy atom.